The van der Waals surface area contributed by atoms with Crippen molar-refractivity contribution in [3.8, 4) is 0 Å². The maximum atomic E-state index is 11.7. The van der Waals surface area contributed by atoms with Gasteiger partial charge in [0.25, 0.3) is 0 Å². The zero-order chi connectivity index (χ0) is 12.2. The lowest BCUT2D eigenvalue weighted by molar-refractivity contribution is -0.330. The second-order valence-electron chi connectivity index (χ2n) is 3.11. The fraction of sp³-hybridized carbons (Fsp3) is 0.300. The number of carbonyl (C=O) groups excluding carboxylic acids is 1. The maximum Gasteiger partial charge on any atom is 0.522 e. The van der Waals surface area contributed by atoms with Crippen molar-refractivity contribution in [1.29, 1.82) is 0 Å². The fourth-order valence-corrected chi connectivity index (χ4v) is 1.05. The highest BCUT2D eigenvalue weighted by atomic mass is 19.4. The Labute approximate surface area is 90.2 Å². The number of alkyl halides is 3. The van der Waals surface area contributed by atoms with E-state index in [4.69, 9.17) is 0 Å². The van der Waals surface area contributed by atoms with E-state index in [2.05, 4.69) is 10.1 Å². The number of amides is 1. The van der Waals surface area contributed by atoms with E-state index in [9.17, 15) is 18.0 Å². The van der Waals surface area contributed by atoms with Crippen LogP contribution in [0.15, 0.2) is 24.3 Å². The number of ether oxygens (including phenoxy) is 1. The molecule has 16 heavy (non-hydrogen) atoms. The number of benzene rings is 1. The third-order valence-corrected chi connectivity index (χ3v) is 1.68. The summed E-state index contributed by atoms with van der Waals surface area (Å²) in [6, 6.07) is 5.93. The average Bonchev–Trinajstić information content (AvgIpc) is 2.14. The summed E-state index contributed by atoms with van der Waals surface area (Å²) in [5.41, 5.74) is 0.912. The third-order valence-electron chi connectivity index (χ3n) is 1.68. The summed E-state index contributed by atoms with van der Waals surface area (Å²) in [5.74, 6) is -0.237. The molecule has 0 heterocycles. The Morgan fingerprint density at radius 2 is 1.88 bits per heavy atom. The SMILES string of the molecule is CC(=O)Nc1ccc(COC(F)(F)F)cc1. The van der Waals surface area contributed by atoms with Crippen LogP contribution in [-0.4, -0.2) is 12.3 Å². The highest BCUT2D eigenvalue weighted by Gasteiger charge is 2.28. The van der Waals surface area contributed by atoms with E-state index in [0.717, 1.165) is 0 Å². The van der Waals surface area contributed by atoms with Gasteiger partial charge < -0.3 is 5.32 Å². The first-order chi connectivity index (χ1) is 7.37. The zero-order valence-corrected chi connectivity index (χ0v) is 8.47. The van der Waals surface area contributed by atoms with Crippen molar-refractivity contribution >= 4 is 11.6 Å². The lowest BCUT2D eigenvalue weighted by Crippen LogP contribution is -2.12. The predicted molar refractivity (Wildman–Crippen MR) is 51.6 cm³/mol. The monoisotopic (exact) mass is 233 g/mol. The Morgan fingerprint density at radius 1 is 1.31 bits per heavy atom. The second-order valence-corrected chi connectivity index (χ2v) is 3.11. The van der Waals surface area contributed by atoms with Crippen LogP contribution >= 0.6 is 0 Å². The minimum Gasteiger partial charge on any atom is -0.326 e. The molecule has 1 amide bonds. The fourth-order valence-electron chi connectivity index (χ4n) is 1.05. The van der Waals surface area contributed by atoms with Gasteiger partial charge in [-0.25, -0.2) is 0 Å². The van der Waals surface area contributed by atoms with Gasteiger partial charge in [0.2, 0.25) is 5.91 Å². The van der Waals surface area contributed by atoms with Crippen molar-refractivity contribution in [2.75, 3.05) is 5.32 Å². The molecule has 0 fully saturated rings. The quantitative estimate of drug-likeness (QED) is 0.871. The van der Waals surface area contributed by atoms with Crippen LogP contribution in [-0.2, 0) is 16.1 Å². The van der Waals surface area contributed by atoms with Crippen LogP contribution < -0.4 is 5.32 Å². The largest absolute Gasteiger partial charge is 0.522 e. The van der Waals surface area contributed by atoms with Crippen LogP contribution in [0.3, 0.4) is 0 Å². The first kappa shape index (κ1) is 12.5. The van der Waals surface area contributed by atoms with Gasteiger partial charge in [0.1, 0.15) is 0 Å². The van der Waals surface area contributed by atoms with Crippen LogP contribution in [0.25, 0.3) is 0 Å². The molecule has 0 aliphatic carbocycles. The molecule has 0 radical (unpaired) electrons. The Bertz CT molecular complexity index is 359. The van der Waals surface area contributed by atoms with Gasteiger partial charge in [-0.2, -0.15) is 0 Å². The van der Waals surface area contributed by atoms with Crippen LogP contribution in [0.5, 0.6) is 0 Å². The number of anilines is 1. The molecule has 1 aromatic carbocycles. The van der Waals surface area contributed by atoms with Crippen molar-refractivity contribution < 1.29 is 22.7 Å². The van der Waals surface area contributed by atoms with Gasteiger partial charge in [-0.1, -0.05) is 12.1 Å². The lowest BCUT2D eigenvalue weighted by Gasteiger charge is -2.08. The minimum absolute atomic E-state index is 0.237. The average molecular weight is 233 g/mol. The molecule has 1 N–H and O–H groups in total. The molecule has 0 aliphatic rings. The van der Waals surface area contributed by atoms with Crippen LogP contribution in [0.4, 0.5) is 18.9 Å². The van der Waals surface area contributed by atoms with Gasteiger partial charge in [-0.15, -0.1) is 13.2 Å². The smallest absolute Gasteiger partial charge is 0.326 e. The molecule has 1 rings (SSSR count). The van der Waals surface area contributed by atoms with Crippen molar-refractivity contribution in [3.05, 3.63) is 29.8 Å². The van der Waals surface area contributed by atoms with E-state index in [1.165, 1.54) is 31.2 Å². The standard InChI is InChI=1S/C10H10F3NO2/c1-7(15)14-9-4-2-8(3-5-9)6-16-10(11,12)13/h2-5H,6H2,1H3,(H,14,15). The van der Waals surface area contributed by atoms with Gasteiger partial charge in [0, 0.05) is 12.6 Å². The van der Waals surface area contributed by atoms with Gasteiger partial charge in [-0.3, -0.25) is 9.53 Å². The molecule has 0 atom stereocenters. The molecular formula is C10H10F3NO2. The summed E-state index contributed by atoms with van der Waals surface area (Å²) in [4.78, 5) is 10.7. The zero-order valence-electron chi connectivity index (χ0n) is 8.47. The van der Waals surface area contributed by atoms with E-state index in [1.807, 2.05) is 0 Å². The number of halogens is 3. The van der Waals surface area contributed by atoms with Crippen molar-refractivity contribution in [3.63, 3.8) is 0 Å². The van der Waals surface area contributed by atoms with E-state index in [0.29, 0.717) is 11.3 Å². The van der Waals surface area contributed by atoms with Gasteiger partial charge in [0.15, 0.2) is 0 Å². The summed E-state index contributed by atoms with van der Waals surface area (Å²) < 4.78 is 38.8. The van der Waals surface area contributed by atoms with Gasteiger partial charge >= 0.3 is 6.36 Å². The molecule has 0 saturated carbocycles. The number of hydrogen-bond donors (Lipinski definition) is 1. The molecule has 6 heteroatoms. The predicted octanol–water partition coefficient (Wildman–Crippen LogP) is 2.68. The number of carbonyl (C=O) groups is 1. The normalized spacial score (nSPS) is 11.2. The third kappa shape index (κ3) is 4.79. The summed E-state index contributed by atoms with van der Waals surface area (Å²) in [6.07, 6.45) is -4.63. The molecule has 3 nitrogen and oxygen atoms in total. The topological polar surface area (TPSA) is 38.3 Å². The number of rotatable bonds is 3. The Morgan fingerprint density at radius 3 is 2.31 bits per heavy atom. The highest BCUT2D eigenvalue weighted by Crippen LogP contribution is 2.19. The summed E-state index contributed by atoms with van der Waals surface area (Å²) in [6.45, 7) is 0.810. The van der Waals surface area contributed by atoms with E-state index in [-0.39, 0.29) is 5.91 Å². The van der Waals surface area contributed by atoms with Crippen LogP contribution in [0.2, 0.25) is 0 Å². The summed E-state index contributed by atoms with van der Waals surface area (Å²) >= 11 is 0. The number of nitrogens with one attached hydrogen (secondary N) is 1. The van der Waals surface area contributed by atoms with Gasteiger partial charge in [-0.05, 0) is 17.7 Å². The second kappa shape index (κ2) is 4.98. The van der Waals surface area contributed by atoms with Gasteiger partial charge in [0.05, 0.1) is 6.61 Å². The Balaban J connectivity index is 2.55. The first-order valence-electron chi connectivity index (χ1n) is 4.44. The van der Waals surface area contributed by atoms with Crippen molar-refractivity contribution in [2.45, 2.75) is 19.9 Å². The summed E-state index contributed by atoms with van der Waals surface area (Å²) in [7, 11) is 0. The molecule has 0 unspecified atom stereocenters. The van der Waals surface area contributed by atoms with Crippen LogP contribution in [0, 0.1) is 0 Å². The van der Waals surface area contributed by atoms with E-state index >= 15 is 0 Å². The Hall–Kier alpha value is -1.56. The molecule has 0 aliphatic heterocycles. The molecule has 0 spiro atoms. The number of hydrogen-bond acceptors (Lipinski definition) is 2. The van der Waals surface area contributed by atoms with E-state index in [1.54, 1.807) is 0 Å². The van der Waals surface area contributed by atoms with E-state index < -0.39 is 13.0 Å². The maximum absolute atomic E-state index is 11.7. The Kier molecular flexibility index (Phi) is 3.89. The van der Waals surface area contributed by atoms with Crippen LogP contribution in [0.1, 0.15) is 12.5 Å². The lowest BCUT2D eigenvalue weighted by atomic mass is 10.2. The minimum atomic E-state index is -4.63. The van der Waals surface area contributed by atoms with Crippen molar-refractivity contribution in [1.82, 2.24) is 0 Å². The summed E-state index contributed by atoms with van der Waals surface area (Å²) in [5, 5.41) is 2.50. The highest BCUT2D eigenvalue weighted by molar-refractivity contribution is 5.88. The first-order valence-corrected chi connectivity index (χ1v) is 4.44. The molecule has 0 bridgehead atoms. The molecule has 0 saturated heterocycles. The molecular weight excluding hydrogens is 223 g/mol. The molecule has 1 aromatic rings. The molecule has 0 aromatic heterocycles. The molecule has 88 valence electrons. The van der Waals surface area contributed by atoms with Crippen molar-refractivity contribution in [2.24, 2.45) is 0 Å².